The molecule has 2 saturated carbocycles. The first-order valence-electron chi connectivity index (χ1n) is 10.8. The molecule has 1 amide bonds. The number of carbonyl (C=O) groups is 1. The Morgan fingerprint density at radius 2 is 1.85 bits per heavy atom. The predicted octanol–water partition coefficient (Wildman–Crippen LogP) is 4.38. The predicted molar refractivity (Wildman–Crippen MR) is 111 cm³/mol. The van der Waals surface area contributed by atoms with E-state index >= 15 is 0 Å². The molecule has 10 heteroatoms. The van der Waals surface area contributed by atoms with Crippen LogP contribution in [0.1, 0.15) is 28.8 Å². The number of hydrogen-bond acceptors (Lipinski definition) is 5. The second kappa shape index (κ2) is 7.22. The van der Waals surface area contributed by atoms with Gasteiger partial charge in [0.25, 0.3) is 11.8 Å². The summed E-state index contributed by atoms with van der Waals surface area (Å²) in [5.74, 6) is -1.09. The molecule has 4 unspecified atom stereocenters. The molecule has 1 aliphatic heterocycles. The first-order chi connectivity index (χ1) is 16.3. The van der Waals surface area contributed by atoms with Gasteiger partial charge in [-0.05, 0) is 37.0 Å². The Labute approximate surface area is 191 Å². The lowest BCUT2D eigenvalue weighted by molar-refractivity contribution is -0.138. The van der Waals surface area contributed by atoms with Crippen molar-refractivity contribution in [3.63, 3.8) is 0 Å². The van der Waals surface area contributed by atoms with Gasteiger partial charge in [-0.25, -0.2) is 19.3 Å². The summed E-state index contributed by atoms with van der Waals surface area (Å²) < 4.78 is 58.5. The Bertz CT molecular complexity index is 1290. The average molecular weight is 470 g/mol. The van der Waals surface area contributed by atoms with E-state index in [0.29, 0.717) is 48.1 Å². The lowest BCUT2D eigenvalue weighted by Crippen LogP contribution is -2.59. The van der Waals surface area contributed by atoms with Crippen molar-refractivity contribution in [1.82, 2.24) is 19.9 Å². The fraction of sp³-hybridized carbons (Fsp3) is 0.333. The van der Waals surface area contributed by atoms with Crippen LogP contribution in [-0.4, -0.2) is 44.4 Å². The monoisotopic (exact) mass is 470 g/mol. The molecule has 4 atom stereocenters. The van der Waals surface area contributed by atoms with E-state index < -0.39 is 29.5 Å². The molecule has 3 aromatic rings. The third-order valence-corrected chi connectivity index (χ3v) is 7.18. The maximum Gasteiger partial charge on any atom is 0.417 e. The molecule has 6 rings (SSSR count). The number of amides is 1. The summed E-state index contributed by atoms with van der Waals surface area (Å²) in [7, 11) is 0. The Kier molecular flexibility index (Phi) is 4.46. The number of benzene rings is 1. The summed E-state index contributed by atoms with van der Waals surface area (Å²) in [5.41, 5.74) is -0.187. The number of pyridine rings is 1. The number of halogens is 4. The second-order valence-electron chi connectivity index (χ2n) is 9.02. The summed E-state index contributed by atoms with van der Waals surface area (Å²) in [5, 5.41) is 0. The molecule has 1 spiro atoms. The van der Waals surface area contributed by atoms with Crippen LogP contribution >= 0.6 is 0 Å². The van der Waals surface area contributed by atoms with Gasteiger partial charge in [-0.2, -0.15) is 13.2 Å². The summed E-state index contributed by atoms with van der Waals surface area (Å²) in [6.45, 7) is 0.552. The first-order valence-corrected chi connectivity index (χ1v) is 10.8. The second-order valence-corrected chi connectivity index (χ2v) is 9.02. The van der Waals surface area contributed by atoms with Crippen molar-refractivity contribution in [2.75, 3.05) is 6.54 Å². The molecule has 0 bridgehead atoms. The summed E-state index contributed by atoms with van der Waals surface area (Å²) in [4.78, 5) is 27.4. The molecule has 3 aliphatic rings. The van der Waals surface area contributed by atoms with Crippen LogP contribution in [0.25, 0.3) is 11.4 Å². The third kappa shape index (κ3) is 3.15. The van der Waals surface area contributed by atoms with Gasteiger partial charge in [0.15, 0.2) is 11.6 Å². The molecule has 34 heavy (non-hydrogen) atoms. The van der Waals surface area contributed by atoms with E-state index in [1.54, 1.807) is 47.6 Å². The van der Waals surface area contributed by atoms with Gasteiger partial charge in [0.1, 0.15) is 6.10 Å². The molecule has 1 aromatic carbocycles. The Balaban J connectivity index is 1.26. The van der Waals surface area contributed by atoms with Gasteiger partial charge in [-0.15, -0.1) is 0 Å². The lowest BCUT2D eigenvalue weighted by atomic mass is 9.73. The van der Waals surface area contributed by atoms with Crippen molar-refractivity contribution in [3.8, 4) is 17.3 Å². The molecule has 2 aromatic heterocycles. The molecule has 0 N–H and O–H groups in total. The molecule has 0 radical (unpaired) electrons. The zero-order valence-corrected chi connectivity index (χ0v) is 17.7. The highest BCUT2D eigenvalue weighted by Crippen LogP contribution is 2.71. The van der Waals surface area contributed by atoms with Crippen LogP contribution in [0.3, 0.4) is 0 Å². The van der Waals surface area contributed by atoms with Crippen molar-refractivity contribution in [2.24, 2.45) is 11.3 Å². The van der Waals surface area contributed by atoms with Gasteiger partial charge in [0.05, 0.1) is 17.2 Å². The van der Waals surface area contributed by atoms with Gasteiger partial charge < -0.3 is 9.64 Å². The van der Waals surface area contributed by atoms with Crippen LogP contribution in [-0.2, 0) is 6.18 Å². The van der Waals surface area contributed by atoms with E-state index in [1.807, 2.05) is 0 Å². The van der Waals surface area contributed by atoms with Crippen LogP contribution in [0.2, 0.25) is 0 Å². The van der Waals surface area contributed by atoms with Crippen LogP contribution in [0.5, 0.6) is 5.88 Å². The number of ether oxygens (including phenoxy) is 1. The number of aromatic nitrogens is 3. The van der Waals surface area contributed by atoms with Crippen molar-refractivity contribution < 1.29 is 27.1 Å². The molecule has 6 nitrogen and oxygen atoms in total. The SMILES string of the molecule is O=C(c1ccccc1-c1ncccn1)N1CC2CC23CC(Oc2ncc(C(F)(F)F)cc2F)C13. The van der Waals surface area contributed by atoms with Gasteiger partial charge in [0.2, 0.25) is 0 Å². The highest BCUT2D eigenvalue weighted by atomic mass is 19.4. The summed E-state index contributed by atoms with van der Waals surface area (Å²) in [6.07, 6.45) is 0.0795. The van der Waals surface area contributed by atoms with Crippen LogP contribution in [0, 0.1) is 17.2 Å². The van der Waals surface area contributed by atoms with Crippen molar-refractivity contribution in [1.29, 1.82) is 0 Å². The molecular weight excluding hydrogens is 452 g/mol. The molecule has 174 valence electrons. The minimum Gasteiger partial charge on any atom is -0.470 e. The molecular formula is C24H18F4N4O2. The minimum absolute atomic E-state index is 0.0685. The highest BCUT2D eigenvalue weighted by Gasteiger charge is 2.76. The zero-order chi connectivity index (χ0) is 23.7. The Morgan fingerprint density at radius 3 is 2.59 bits per heavy atom. The van der Waals surface area contributed by atoms with Gasteiger partial charge in [-0.3, -0.25) is 4.79 Å². The maximum atomic E-state index is 14.3. The van der Waals surface area contributed by atoms with Gasteiger partial charge in [0, 0.05) is 36.1 Å². The zero-order valence-electron chi connectivity index (χ0n) is 17.7. The molecule has 1 saturated heterocycles. The minimum atomic E-state index is -4.70. The lowest BCUT2D eigenvalue weighted by Gasteiger charge is -2.47. The van der Waals surface area contributed by atoms with Crippen LogP contribution in [0.4, 0.5) is 17.6 Å². The topological polar surface area (TPSA) is 68.2 Å². The number of carbonyl (C=O) groups excluding carboxylic acids is 1. The number of nitrogens with zero attached hydrogens (tertiary/aromatic N) is 4. The third-order valence-electron chi connectivity index (χ3n) is 7.18. The Hall–Kier alpha value is -3.56. The normalized spacial score (nSPS) is 26.9. The molecule has 3 heterocycles. The number of likely N-dealkylation sites (tertiary alicyclic amines) is 1. The van der Waals surface area contributed by atoms with E-state index in [1.165, 1.54) is 0 Å². The molecule has 3 fully saturated rings. The smallest absolute Gasteiger partial charge is 0.417 e. The van der Waals surface area contributed by atoms with Crippen molar-refractivity contribution in [2.45, 2.75) is 31.2 Å². The number of piperidine rings is 1. The van der Waals surface area contributed by atoms with E-state index in [-0.39, 0.29) is 17.4 Å². The van der Waals surface area contributed by atoms with Gasteiger partial charge in [-0.1, -0.05) is 18.2 Å². The number of rotatable bonds is 4. The largest absolute Gasteiger partial charge is 0.470 e. The van der Waals surface area contributed by atoms with Crippen LogP contribution in [0.15, 0.2) is 55.0 Å². The fourth-order valence-electron chi connectivity index (χ4n) is 5.52. The average Bonchev–Trinajstić information content (AvgIpc) is 3.48. The highest BCUT2D eigenvalue weighted by molar-refractivity contribution is 6.00. The van der Waals surface area contributed by atoms with E-state index in [2.05, 4.69) is 15.0 Å². The van der Waals surface area contributed by atoms with E-state index in [0.717, 1.165) is 6.42 Å². The van der Waals surface area contributed by atoms with E-state index in [4.69, 9.17) is 4.74 Å². The fourth-order valence-corrected chi connectivity index (χ4v) is 5.52. The van der Waals surface area contributed by atoms with Crippen molar-refractivity contribution in [3.05, 3.63) is 71.9 Å². The van der Waals surface area contributed by atoms with Crippen molar-refractivity contribution >= 4 is 5.91 Å². The Morgan fingerprint density at radius 1 is 1.09 bits per heavy atom. The quantitative estimate of drug-likeness (QED) is 0.530. The molecule has 2 aliphatic carbocycles. The van der Waals surface area contributed by atoms with Gasteiger partial charge >= 0.3 is 6.18 Å². The summed E-state index contributed by atoms with van der Waals surface area (Å²) >= 11 is 0. The maximum absolute atomic E-state index is 14.3. The number of hydrogen-bond donors (Lipinski definition) is 0. The number of alkyl halides is 3. The van der Waals surface area contributed by atoms with E-state index in [9.17, 15) is 22.4 Å². The standard InChI is InChI=1S/C24H18F4N4O2/c25-17-8-13(24(26,27)28)11-31-21(17)34-18-10-23-9-14(23)12-32(19(18)23)22(33)16-5-2-1-4-15(16)20-29-6-3-7-30-20/h1-8,11,14,18-19H,9-10,12H2. The van der Waals surface area contributed by atoms with Crippen LogP contribution < -0.4 is 4.74 Å². The summed E-state index contributed by atoms with van der Waals surface area (Å²) in [6, 6.07) is 8.85. The first kappa shape index (κ1) is 21.0.